The molecule has 0 aromatic heterocycles. The molecule has 0 bridgehead atoms. The van der Waals surface area contributed by atoms with Gasteiger partial charge < -0.3 is 14.6 Å². The maximum absolute atomic E-state index is 13.0. The van der Waals surface area contributed by atoms with Crippen LogP contribution in [0.25, 0.3) is 0 Å². The molecular formula is C24H26N2O5. The highest BCUT2D eigenvalue weighted by atomic mass is 16.5. The number of hydrogen-bond acceptors (Lipinski definition) is 6. The summed E-state index contributed by atoms with van der Waals surface area (Å²) in [6.07, 6.45) is 1.29. The molecule has 3 rings (SSSR count). The van der Waals surface area contributed by atoms with Crippen molar-refractivity contribution in [3.05, 3.63) is 83.7 Å². The van der Waals surface area contributed by atoms with E-state index in [0.29, 0.717) is 30.2 Å². The lowest BCUT2D eigenvalue weighted by molar-refractivity contribution is 0.00175. The van der Waals surface area contributed by atoms with Crippen LogP contribution in [0.5, 0.6) is 0 Å². The lowest BCUT2D eigenvalue weighted by atomic mass is 9.99. The third kappa shape index (κ3) is 6.26. The van der Waals surface area contributed by atoms with E-state index in [4.69, 9.17) is 9.47 Å². The van der Waals surface area contributed by atoms with E-state index < -0.39 is 6.10 Å². The zero-order valence-electron chi connectivity index (χ0n) is 17.4. The molecule has 1 aliphatic rings. The molecule has 2 aromatic carbocycles. The quantitative estimate of drug-likeness (QED) is 0.551. The average molecular weight is 422 g/mol. The van der Waals surface area contributed by atoms with Crippen molar-refractivity contribution in [3.8, 4) is 0 Å². The molecule has 162 valence electrons. The van der Waals surface area contributed by atoms with Gasteiger partial charge in [-0.05, 0) is 19.4 Å². The molecule has 0 saturated heterocycles. The third-order valence-electron chi connectivity index (χ3n) is 4.78. The van der Waals surface area contributed by atoms with Crippen LogP contribution < -0.4 is 0 Å². The molecule has 0 amide bonds. The van der Waals surface area contributed by atoms with Crippen molar-refractivity contribution in [1.82, 2.24) is 4.90 Å². The SMILES string of the molecule is CCOC1=CCN(COC(CCC(=O)c2ccccc2)C(=O)c2ccccc2)C(O)=N1. The molecule has 0 aliphatic carbocycles. The van der Waals surface area contributed by atoms with E-state index in [1.807, 2.05) is 19.1 Å². The Labute approximate surface area is 181 Å². The Kier molecular flexibility index (Phi) is 7.95. The molecule has 1 atom stereocenters. The van der Waals surface area contributed by atoms with Gasteiger partial charge in [-0.25, -0.2) is 0 Å². The summed E-state index contributed by atoms with van der Waals surface area (Å²) in [6, 6.07) is 17.5. The van der Waals surface area contributed by atoms with Crippen LogP contribution in [-0.2, 0) is 9.47 Å². The van der Waals surface area contributed by atoms with Crippen molar-refractivity contribution in [2.24, 2.45) is 4.99 Å². The van der Waals surface area contributed by atoms with E-state index in [1.54, 1.807) is 54.6 Å². The highest BCUT2D eigenvalue weighted by molar-refractivity contribution is 6.00. The summed E-state index contributed by atoms with van der Waals surface area (Å²) in [7, 11) is 0. The van der Waals surface area contributed by atoms with Crippen LogP contribution in [0, 0.1) is 0 Å². The molecule has 1 aliphatic heterocycles. The first-order valence-electron chi connectivity index (χ1n) is 10.2. The fraction of sp³-hybridized carbons (Fsp3) is 0.292. The molecular weight excluding hydrogens is 396 g/mol. The smallest absolute Gasteiger partial charge is 0.295 e. The Balaban J connectivity index is 1.65. The number of aliphatic hydroxyl groups is 1. The van der Waals surface area contributed by atoms with Gasteiger partial charge in [-0.15, -0.1) is 0 Å². The van der Waals surface area contributed by atoms with Gasteiger partial charge in [0.1, 0.15) is 12.8 Å². The first kappa shape index (κ1) is 22.2. The minimum atomic E-state index is -0.833. The predicted octanol–water partition coefficient (Wildman–Crippen LogP) is 3.98. The van der Waals surface area contributed by atoms with Gasteiger partial charge in [-0.1, -0.05) is 60.7 Å². The van der Waals surface area contributed by atoms with Crippen LogP contribution in [0.3, 0.4) is 0 Å². The maximum atomic E-state index is 13.0. The lowest BCUT2D eigenvalue weighted by Crippen LogP contribution is -2.38. The van der Waals surface area contributed by atoms with Gasteiger partial charge in [0.25, 0.3) is 6.02 Å². The number of carbonyl (C=O) groups excluding carboxylic acids is 2. The largest absolute Gasteiger partial charge is 0.480 e. The highest BCUT2D eigenvalue weighted by Gasteiger charge is 2.24. The normalized spacial score (nSPS) is 14.4. The van der Waals surface area contributed by atoms with E-state index in [2.05, 4.69) is 4.99 Å². The first-order chi connectivity index (χ1) is 15.1. The fourth-order valence-corrected chi connectivity index (χ4v) is 3.12. The molecule has 0 saturated carbocycles. The Hall–Kier alpha value is -3.45. The van der Waals surface area contributed by atoms with Crippen LogP contribution in [0.2, 0.25) is 0 Å². The van der Waals surface area contributed by atoms with Crippen LogP contribution in [0.4, 0.5) is 0 Å². The summed E-state index contributed by atoms with van der Waals surface area (Å²) in [5, 5.41) is 10.1. The number of amidine groups is 1. The Morgan fingerprint density at radius 3 is 2.32 bits per heavy atom. The van der Waals surface area contributed by atoms with Gasteiger partial charge in [-0.3, -0.25) is 14.5 Å². The Bertz CT molecular complexity index is 941. The second-order valence-electron chi connectivity index (χ2n) is 6.95. The average Bonchev–Trinajstić information content (AvgIpc) is 2.81. The zero-order chi connectivity index (χ0) is 22.1. The van der Waals surface area contributed by atoms with Crippen molar-refractivity contribution in [3.63, 3.8) is 0 Å². The number of ether oxygens (including phenoxy) is 2. The summed E-state index contributed by atoms with van der Waals surface area (Å²) in [4.78, 5) is 31.0. The summed E-state index contributed by atoms with van der Waals surface area (Å²) in [5.41, 5.74) is 1.11. The Morgan fingerprint density at radius 2 is 1.71 bits per heavy atom. The number of rotatable bonds is 11. The van der Waals surface area contributed by atoms with Crippen molar-refractivity contribution in [2.45, 2.75) is 25.9 Å². The van der Waals surface area contributed by atoms with Crippen LogP contribution in [-0.4, -0.2) is 53.6 Å². The van der Waals surface area contributed by atoms with Gasteiger partial charge in [0.15, 0.2) is 11.6 Å². The van der Waals surface area contributed by atoms with Gasteiger partial charge in [0.05, 0.1) is 6.61 Å². The van der Waals surface area contributed by atoms with E-state index in [0.717, 1.165) is 0 Å². The molecule has 2 aromatic rings. The molecule has 0 fully saturated rings. The van der Waals surface area contributed by atoms with Crippen LogP contribution in [0.15, 0.2) is 77.6 Å². The van der Waals surface area contributed by atoms with Gasteiger partial charge in [0, 0.05) is 24.1 Å². The van der Waals surface area contributed by atoms with Gasteiger partial charge >= 0.3 is 0 Å². The molecule has 0 spiro atoms. The molecule has 7 heteroatoms. The van der Waals surface area contributed by atoms with E-state index in [1.165, 1.54) is 4.90 Å². The highest BCUT2D eigenvalue weighted by Crippen LogP contribution is 2.16. The molecule has 1 heterocycles. The summed E-state index contributed by atoms with van der Waals surface area (Å²) in [5.74, 6) is 0.0869. The zero-order valence-corrected chi connectivity index (χ0v) is 17.4. The van der Waals surface area contributed by atoms with E-state index in [-0.39, 0.29) is 37.2 Å². The Morgan fingerprint density at radius 1 is 1.06 bits per heavy atom. The molecule has 1 N–H and O–H groups in total. The minimum absolute atomic E-state index is 0.0476. The second kappa shape index (κ2) is 11.1. The van der Waals surface area contributed by atoms with Crippen molar-refractivity contribution >= 4 is 17.6 Å². The number of ketones is 2. The van der Waals surface area contributed by atoms with Crippen LogP contribution in [0.1, 0.15) is 40.5 Å². The van der Waals surface area contributed by atoms with Gasteiger partial charge in [0.2, 0.25) is 5.88 Å². The van der Waals surface area contributed by atoms with Gasteiger partial charge in [-0.2, -0.15) is 4.99 Å². The van der Waals surface area contributed by atoms with Crippen LogP contribution >= 0.6 is 0 Å². The number of hydrogen-bond donors (Lipinski definition) is 1. The number of aliphatic imine (C=N–C) groups is 1. The molecule has 0 radical (unpaired) electrons. The van der Waals surface area contributed by atoms with E-state index in [9.17, 15) is 14.7 Å². The first-order valence-corrected chi connectivity index (χ1v) is 10.2. The summed E-state index contributed by atoms with van der Waals surface area (Å²) >= 11 is 0. The molecule has 7 nitrogen and oxygen atoms in total. The number of nitrogens with zero attached hydrogens (tertiary/aromatic N) is 2. The van der Waals surface area contributed by atoms with Crippen molar-refractivity contribution in [2.75, 3.05) is 19.9 Å². The fourth-order valence-electron chi connectivity index (χ4n) is 3.12. The monoisotopic (exact) mass is 422 g/mol. The van der Waals surface area contributed by atoms with E-state index >= 15 is 0 Å². The number of aliphatic hydroxyl groups excluding tert-OH is 1. The topological polar surface area (TPSA) is 88.4 Å². The standard InChI is InChI=1S/C24H26N2O5/c1-2-30-22-15-16-26(24(29)25-22)17-31-21(23(28)19-11-7-4-8-12-19)14-13-20(27)18-9-5-3-6-10-18/h3-12,15,21H,2,13-14,16-17H2,1H3,(H,25,29). The lowest BCUT2D eigenvalue weighted by Gasteiger charge is -2.26. The van der Waals surface area contributed by atoms with Crippen molar-refractivity contribution in [1.29, 1.82) is 0 Å². The summed E-state index contributed by atoms with van der Waals surface area (Å²) < 4.78 is 11.1. The predicted molar refractivity (Wildman–Crippen MR) is 117 cm³/mol. The number of benzene rings is 2. The molecule has 1 unspecified atom stereocenters. The number of Topliss-reactive ketones (excluding diaryl/α,β-unsaturated/α-hetero) is 2. The second-order valence-corrected chi connectivity index (χ2v) is 6.95. The third-order valence-corrected chi connectivity index (χ3v) is 4.78. The minimum Gasteiger partial charge on any atom is -0.480 e. The maximum Gasteiger partial charge on any atom is 0.295 e. The number of carbonyl (C=O) groups is 2. The summed E-state index contributed by atoms with van der Waals surface area (Å²) in [6.45, 7) is 2.56. The molecule has 31 heavy (non-hydrogen) atoms. The van der Waals surface area contributed by atoms with Crippen molar-refractivity contribution < 1.29 is 24.2 Å².